The van der Waals surface area contributed by atoms with Gasteiger partial charge >= 0.3 is 0 Å². The number of hydrogen-bond donors (Lipinski definition) is 1. The van der Waals surface area contributed by atoms with Gasteiger partial charge in [0.15, 0.2) is 6.61 Å². The van der Waals surface area contributed by atoms with Gasteiger partial charge in [-0.05, 0) is 43.9 Å². The van der Waals surface area contributed by atoms with Gasteiger partial charge in [0.25, 0.3) is 5.91 Å². The summed E-state index contributed by atoms with van der Waals surface area (Å²) in [5, 5.41) is 2.88. The van der Waals surface area contributed by atoms with E-state index in [-0.39, 0.29) is 24.8 Å². The molecule has 28 heavy (non-hydrogen) atoms. The summed E-state index contributed by atoms with van der Waals surface area (Å²) in [7, 11) is 5.54. The van der Waals surface area contributed by atoms with E-state index in [1.165, 1.54) is 0 Å². The number of amides is 2. The highest BCUT2D eigenvalue weighted by Gasteiger charge is 2.25. The number of methoxy groups -OCH3 is 1. The van der Waals surface area contributed by atoms with Crippen LogP contribution in [0.1, 0.15) is 5.56 Å². The van der Waals surface area contributed by atoms with E-state index in [0.29, 0.717) is 18.0 Å². The highest BCUT2D eigenvalue weighted by atomic mass is 16.5. The predicted octanol–water partition coefficient (Wildman–Crippen LogP) is 2.16. The first-order valence-corrected chi connectivity index (χ1v) is 9.11. The Morgan fingerprint density at radius 1 is 1.21 bits per heavy atom. The first-order valence-electron chi connectivity index (χ1n) is 9.11. The van der Waals surface area contributed by atoms with Crippen LogP contribution >= 0.6 is 0 Å². The van der Waals surface area contributed by atoms with Gasteiger partial charge in [-0.1, -0.05) is 12.1 Å². The third kappa shape index (κ3) is 4.80. The Balaban J connectivity index is 1.67. The van der Waals surface area contributed by atoms with Crippen LogP contribution in [-0.4, -0.2) is 57.6 Å². The Hall–Kier alpha value is -3.06. The number of ether oxygens (including phenoxy) is 2. The number of rotatable bonds is 7. The Kier molecular flexibility index (Phi) is 6.16. The summed E-state index contributed by atoms with van der Waals surface area (Å²) < 4.78 is 10.7. The predicted molar refractivity (Wildman–Crippen MR) is 108 cm³/mol. The molecule has 1 aliphatic heterocycles. The van der Waals surface area contributed by atoms with Gasteiger partial charge < -0.3 is 24.6 Å². The summed E-state index contributed by atoms with van der Waals surface area (Å²) in [4.78, 5) is 28.3. The molecule has 0 atom stereocenters. The van der Waals surface area contributed by atoms with Gasteiger partial charge in [0, 0.05) is 24.8 Å². The van der Waals surface area contributed by atoms with Gasteiger partial charge in [0.1, 0.15) is 11.5 Å². The van der Waals surface area contributed by atoms with Gasteiger partial charge in [-0.3, -0.25) is 9.59 Å². The van der Waals surface area contributed by atoms with E-state index in [2.05, 4.69) is 5.32 Å². The van der Waals surface area contributed by atoms with Crippen molar-refractivity contribution in [1.29, 1.82) is 0 Å². The van der Waals surface area contributed by atoms with Crippen molar-refractivity contribution in [2.75, 3.05) is 51.1 Å². The highest BCUT2D eigenvalue weighted by molar-refractivity contribution is 5.99. The molecule has 1 N–H and O–H groups in total. The van der Waals surface area contributed by atoms with E-state index in [1.54, 1.807) is 24.1 Å². The molecular formula is C21H25N3O4. The molecule has 0 saturated carbocycles. The van der Waals surface area contributed by atoms with E-state index in [9.17, 15) is 9.59 Å². The van der Waals surface area contributed by atoms with Crippen LogP contribution in [0.5, 0.6) is 11.5 Å². The first kappa shape index (κ1) is 19.7. The molecule has 7 heteroatoms. The standard InChI is InChI=1S/C21H25N3O4/c1-23(2)10-11-24-18-9-6-16(13-19(18)28-14-21(24)26)22-20(25)12-15-4-7-17(27-3)8-5-15/h4-9,13H,10-12,14H2,1-3H3,(H,22,25). The average Bonchev–Trinajstić information content (AvgIpc) is 2.67. The fourth-order valence-electron chi connectivity index (χ4n) is 2.96. The maximum atomic E-state index is 12.3. The molecule has 0 fully saturated rings. The second kappa shape index (κ2) is 8.75. The van der Waals surface area contributed by atoms with Crippen LogP contribution in [0.15, 0.2) is 42.5 Å². The van der Waals surface area contributed by atoms with Crippen LogP contribution in [0, 0.1) is 0 Å². The van der Waals surface area contributed by atoms with Crippen molar-refractivity contribution in [1.82, 2.24) is 4.90 Å². The van der Waals surface area contributed by atoms with Gasteiger partial charge in [0.2, 0.25) is 5.91 Å². The summed E-state index contributed by atoms with van der Waals surface area (Å²) in [6.07, 6.45) is 0.259. The number of hydrogen-bond acceptors (Lipinski definition) is 5. The summed E-state index contributed by atoms with van der Waals surface area (Å²) in [5.41, 5.74) is 2.26. The number of nitrogens with one attached hydrogen (secondary N) is 1. The number of carbonyl (C=O) groups excluding carboxylic acids is 2. The van der Waals surface area contributed by atoms with E-state index in [0.717, 1.165) is 23.5 Å². The van der Waals surface area contributed by atoms with Crippen molar-refractivity contribution < 1.29 is 19.1 Å². The van der Waals surface area contributed by atoms with Gasteiger partial charge in [-0.15, -0.1) is 0 Å². The molecule has 148 valence electrons. The minimum atomic E-state index is -0.124. The molecule has 0 spiro atoms. The highest BCUT2D eigenvalue weighted by Crippen LogP contribution is 2.34. The molecule has 2 aromatic rings. The summed E-state index contributed by atoms with van der Waals surface area (Å²) in [6.45, 7) is 1.35. The van der Waals surface area contributed by atoms with E-state index >= 15 is 0 Å². The van der Waals surface area contributed by atoms with Crippen LogP contribution in [-0.2, 0) is 16.0 Å². The summed E-state index contributed by atoms with van der Waals surface area (Å²) in [5.74, 6) is 1.16. The molecule has 1 aliphatic rings. The van der Waals surface area contributed by atoms with Crippen LogP contribution in [0.25, 0.3) is 0 Å². The number of benzene rings is 2. The lowest BCUT2D eigenvalue weighted by Crippen LogP contribution is -2.42. The molecule has 0 radical (unpaired) electrons. The second-order valence-electron chi connectivity index (χ2n) is 6.89. The Labute approximate surface area is 164 Å². The third-order valence-electron chi connectivity index (χ3n) is 4.48. The monoisotopic (exact) mass is 383 g/mol. The van der Waals surface area contributed by atoms with Crippen molar-refractivity contribution in [2.45, 2.75) is 6.42 Å². The van der Waals surface area contributed by atoms with Crippen molar-refractivity contribution in [3.63, 3.8) is 0 Å². The van der Waals surface area contributed by atoms with Crippen molar-refractivity contribution in [3.8, 4) is 11.5 Å². The molecule has 7 nitrogen and oxygen atoms in total. The Morgan fingerprint density at radius 2 is 1.96 bits per heavy atom. The molecule has 0 aromatic heterocycles. The third-order valence-corrected chi connectivity index (χ3v) is 4.48. The summed E-state index contributed by atoms with van der Waals surface area (Å²) >= 11 is 0. The molecule has 2 amide bonds. The average molecular weight is 383 g/mol. The van der Waals surface area contributed by atoms with E-state index in [4.69, 9.17) is 9.47 Å². The topological polar surface area (TPSA) is 71.1 Å². The fraction of sp³-hybridized carbons (Fsp3) is 0.333. The molecule has 0 unspecified atom stereocenters. The molecule has 2 aromatic carbocycles. The smallest absolute Gasteiger partial charge is 0.265 e. The van der Waals surface area contributed by atoms with Crippen LogP contribution < -0.4 is 19.7 Å². The van der Waals surface area contributed by atoms with Gasteiger partial charge in [-0.2, -0.15) is 0 Å². The minimum Gasteiger partial charge on any atom is -0.497 e. The minimum absolute atomic E-state index is 0.00365. The largest absolute Gasteiger partial charge is 0.497 e. The van der Waals surface area contributed by atoms with Crippen LogP contribution in [0.4, 0.5) is 11.4 Å². The van der Waals surface area contributed by atoms with Crippen LogP contribution in [0.2, 0.25) is 0 Å². The lowest BCUT2D eigenvalue weighted by Gasteiger charge is -2.30. The van der Waals surface area contributed by atoms with Gasteiger partial charge in [0.05, 0.1) is 19.2 Å². The van der Waals surface area contributed by atoms with Crippen molar-refractivity contribution >= 4 is 23.2 Å². The zero-order valence-electron chi connectivity index (χ0n) is 16.4. The fourth-order valence-corrected chi connectivity index (χ4v) is 2.96. The quantitative estimate of drug-likeness (QED) is 0.793. The summed E-state index contributed by atoms with van der Waals surface area (Å²) in [6, 6.07) is 12.7. The number of carbonyl (C=O) groups is 2. The van der Waals surface area contributed by atoms with E-state index < -0.39 is 0 Å². The molecule has 0 bridgehead atoms. The first-order chi connectivity index (χ1) is 13.5. The number of nitrogens with zero attached hydrogens (tertiary/aromatic N) is 2. The normalized spacial score (nSPS) is 13.1. The Morgan fingerprint density at radius 3 is 2.64 bits per heavy atom. The zero-order valence-corrected chi connectivity index (χ0v) is 16.4. The maximum Gasteiger partial charge on any atom is 0.265 e. The van der Waals surface area contributed by atoms with E-state index in [1.807, 2.05) is 49.3 Å². The molecule has 3 rings (SSSR count). The lowest BCUT2D eigenvalue weighted by molar-refractivity contribution is -0.121. The SMILES string of the molecule is COc1ccc(CC(=O)Nc2ccc3c(c2)OCC(=O)N3CCN(C)C)cc1. The Bertz CT molecular complexity index is 849. The lowest BCUT2D eigenvalue weighted by atomic mass is 10.1. The van der Waals surface area contributed by atoms with Crippen molar-refractivity contribution in [3.05, 3.63) is 48.0 Å². The number of fused-ring (bicyclic) bond motifs is 1. The second-order valence-corrected chi connectivity index (χ2v) is 6.89. The molecule has 0 aliphatic carbocycles. The molecule has 1 heterocycles. The molecular weight excluding hydrogens is 358 g/mol. The zero-order chi connectivity index (χ0) is 20.1. The molecule has 0 saturated heterocycles. The number of anilines is 2. The van der Waals surface area contributed by atoms with Gasteiger partial charge in [-0.25, -0.2) is 0 Å². The maximum absolute atomic E-state index is 12.3. The van der Waals surface area contributed by atoms with Crippen molar-refractivity contribution in [2.24, 2.45) is 0 Å². The van der Waals surface area contributed by atoms with Crippen LogP contribution in [0.3, 0.4) is 0 Å². The number of likely N-dealkylation sites (N-methyl/N-ethyl adjacent to an activating group) is 1.